The maximum atomic E-state index is 10.8. The molecule has 0 radical (unpaired) electrons. The van der Waals surface area contributed by atoms with Crippen molar-refractivity contribution in [3.8, 4) is 21.7 Å². The van der Waals surface area contributed by atoms with E-state index in [0.29, 0.717) is 11.4 Å². The second-order valence-electron chi connectivity index (χ2n) is 5.08. The first-order chi connectivity index (χ1) is 11.5. The summed E-state index contributed by atoms with van der Waals surface area (Å²) >= 11 is 2.69. The predicted octanol–water partition coefficient (Wildman–Crippen LogP) is 3.82. The SMILES string of the molecule is Nc1ccc(-c2nc(SCC(=O)O)sc2-c2ccc(N)cc2)cc1. The summed E-state index contributed by atoms with van der Waals surface area (Å²) in [7, 11) is 0. The van der Waals surface area contributed by atoms with E-state index in [1.54, 1.807) is 0 Å². The van der Waals surface area contributed by atoms with Crippen molar-refractivity contribution in [3.05, 3.63) is 48.5 Å². The molecule has 7 heteroatoms. The van der Waals surface area contributed by atoms with Gasteiger partial charge in [-0.2, -0.15) is 0 Å². The van der Waals surface area contributed by atoms with E-state index in [1.807, 2.05) is 48.5 Å². The highest BCUT2D eigenvalue weighted by Crippen LogP contribution is 2.40. The largest absolute Gasteiger partial charge is 0.481 e. The standard InChI is InChI=1S/C17H15N3O2S2/c18-12-5-1-10(2-6-12)15-16(11-3-7-13(19)8-4-11)24-17(20-15)23-9-14(21)22/h1-8H,9,18-19H2,(H,21,22). The summed E-state index contributed by atoms with van der Waals surface area (Å²) in [5.41, 5.74) is 15.6. The van der Waals surface area contributed by atoms with Crippen LogP contribution in [-0.2, 0) is 4.79 Å². The highest BCUT2D eigenvalue weighted by molar-refractivity contribution is 8.01. The van der Waals surface area contributed by atoms with Crippen molar-refractivity contribution in [1.82, 2.24) is 4.98 Å². The summed E-state index contributed by atoms with van der Waals surface area (Å²) in [5, 5.41) is 8.87. The molecule has 0 fully saturated rings. The molecule has 0 amide bonds. The molecule has 3 aromatic rings. The Morgan fingerprint density at radius 1 is 1.00 bits per heavy atom. The van der Waals surface area contributed by atoms with Crippen molar-refractivity contribution in [2.24, 2.45) is 0 Å². The molecule has 2 aromatic carbocycles. The minimum absolute atomic E-state index is 0.0180. The van der Waals surface area contributed by atoms with Gasteiger partial charge in [-0.1, -0.05) is 36.0 Å². The van der Waals surface area contributed by atoms with Crippen LogP contribution in [0.5, 0.6) is 0 Å². The summed E-state index contributed by atoms with van der Waals surface area (Å²) in [6.45, 7) is 0. The van der Waals surface area contributed by atoms with E-state index in [1.165, 1.54) is 23.1 Å². The number of nitrogen functional groups attached to an aromatic ring is 2. The molecule has 1 heterocycles. The molecule has 5 nitrogen and oxygen atoms in total. The smallest absolute Gasteiger partial charge is 0.313 e. The van der Waals surface area contributed by atoms with Crippen molar-refractivity contribution in [3.63, 3.8) is 0 Å². The fraction of sp³-hybridized carbons (Fsp3) is 0.0588. The first-order valence-corrected chi connectivity index (χ1v) is 8.90. The zero-order valence-electron chi connectivity index (χ0n) is 12.6. The molecule has 1 aromatic heterocycles. The number of rotatable bonds is 5. The van der Waals surface area contributed by atoms with Gasteiger partial charge < -0.3 is 16.6 Å². The average molecular weight is 357 g/mol. The van der Waals surface area contributed by atoms with Crippen LogP contribution in [0, 0.1) is 0 Å². The van der Waals surface area contributed by atoms with Gasteiger partial charge in [-0.05, 0) is 29.8 Å². The van der Waals surface area contributed by atoms with Crippen molar-refractivity contribution in [2.75, 3.05) is 17.2 Å². The van der Waals surface area contributed by atoms with E-state index >= 15 is 0 Å². The molecule has 0 saturated carbocycles. The number of hydrogen-bond acceptors (Lipinski definition) is 6. The zero-order chi connectivity index (χ0) is 17.1. The highest BCUT2D eigenvalue weighted by Gasteiger charge is 2.16. The van der Waals surface area contributed by atoms with Crippen LogP contribution in [0.3, 0.4) is 0 Å². The number of thioether (sulfide) groups is 1. The van der Waals surface area contributed by atoms with E-state index in [9.17, 15) is 4.79 Å². The van der Waals surface area contributed by atoms with Crippen molar-refractivity contribution in [1.29, 1.82) is 0 Å². The summed E-state index contributed by atoms with van der Waals surface area (Å²) in [5.74, 6) is -0.881. The van der Waals surface area contributed by atoms with Gasteiger partial charge in [0.2, 0.25) is 0 Å². The van der Waals surface area contributed by atoms with Gasteiger partial charge in [0.05, 0.1) is 16.3 Å². The van der Waals surface area contributed by atoms with Crippen molar-refractivity contribution < 1.29 is 9.90 Å². The number of anilines is 2. The third-order valence-corrected chi connectivity index (χ3v) is 5.52. The van der Waals surface area contributed by atoms with Gasteiger partial charge in [0, 0.05) is 16.9 Å². The maximum Gasteiger partial charge on any atom is 0.313 e. The summed E-state index contributed by atoms with van der Waals surface area (Å²) in [6, 6.07) is 15.0. The Bertz CT molecular complexity index is 796. The Morgan fingerprint density at radius 2 is 1.54 bits per heavy atom. The van der Waals surface area contributed by atoms with Gasteiger partial charge in [-0.25, -0.2) is 4.98 Å². The molecule has 0 unspecified atom stereocenters. The molecule has 0 spiro atoms. The van der Waals surface area contributed by atoms with E-state index in [-0.39, 0.29) is 5.75 Å². The van der Waals surface area contributed by atoms with Crippen LogP contribution >= 0.6 is 23.1 Å². The lowest BCUT2D eigenvalue weighted by molar-refractivity contribution is -0.133. The van der Waals surface area contributed by atoms with E-state index < -0.39 is 5.97 Å². The third kappa shape index (κ3) is 3.69. The van der Waals surface area contributed by atoms with Gasteiger partial charge >= 0.3 is 5.97 Å². The minimum Gasteiger partial charge on any atom is -0.481 e. The fourth-order valence-electron chi connectivity index (χ4n) is 2.15. The number of carboxylic acids is 1. The van der Waals surface area contributed by atoms with Gasteiger partial charge in [-0.3, -0.25) is 4.79 Å². The normalized spacial score (nSPS) is 10.7. The summed E-state index contributed by atoms with van der Waals surface area (Å²) in [6.07, 6.45) is 0. The lowest BCUT2D eigenvalue weighted by atomic mass is 10.1. The van der Waals surface area contributed by atoms with Crippen LogP contribution in [0.25, 0.3) is 21.7 Å². The van der Waals surface area contributed by atoms with E-state index in [2.05, 4.69) is 4.98 Å². The van der Waals surface area contributed by atoms with Gasteiger partial charge in [0.15, 0.2) is 4.34 Å². The van der Waals surface area contributed by atoms with Crippen LogP contribution in [0.15, 0.2) is 52.9 Å². The molecule has 0 aliphatic rings. The number of aromatic nitrogens is 1. The second kappa shape index (κ2) is 6.94. The molecule has 122 valence electrons. The Hall–Kier alpha value is -2.51. The molecule has 0 bridgehead atoms. The number of carboxylic acid groups (broad SMARTS) is 1. The highest BCUT2D eigenvalue weighted by atomic mass is 32.2. The second-order valence-corrected chi connectivity index (χ2v) is 7.31. The first-order valence-electron chi connectivity index (χ1n) is 7.10. The summed E-state index contributed by atoms with van der Waals surface area (Å²) < 4.78 is 0.719. The molecular weight excluding hydrogens is 342 g/mol. The van der Waals surface area contributed by atoms with E-state index in [0.717, 1.165) is 26.0 Å². The molecule has 24 heavy (non-hydrogen) atoms. The van der Waals surface area contributed by atoms with Crippen LogP contribution < -0.4 is 11.5 Å². The van der Waals surface area contributed by atoms with Crippen molar-refractivity contribution in [2.45, 2.75) is 4.34 Å². The quantitative estimate of drug-likeness (QED) is 0.474. The van der Waals surface area contributed by atoms with Gasteiger partial charge in [0.25, 0.3) is 0 Å². The van der Waals surface area contributed by atoms with Gasteiger partial charge in [0.1, 0.15) is 0 Å². The Labute approximate surface area is 147 Å². The number of nitrogens with zero attached hydrogens (tertiary/aromatic N) is 1. The van der Waals surface area contributed by atoms with Crippen LogP contribution in [0.4, 0.5) is 11.4 Å². The Kier molecular flexibility index (Phi) is 4.73. The molecule has 0 aliphatic carbocycles. The van der Waals surface area contributed by atoms with Crippen LogP contribution in [0.2, 0.25) is 0 Å². The Balaban J connectivity index is 2.05. The number of carbonyl (C=O) groups is 1. The molecule has 0 aliphatic heterocycles. The zero-order valence-corrected chi connectivity index (χ0v) is 14.2. The molecule has 0 saturated heterocycles. The number of benzene rings is 2. The maximum absolute atomic E-state index is 10.8. The van der Waals surface area contributed by atoms with Crippen LogP contribution in [0.1, 0.15) is 0 Å². The van der Waals surface area contributed by atoms with Gasteiger partial charge in [-0.15, -0.1) is 11.3 Å². The monoisotopic (exact) mass is 357 g/mol. The fourth-order valence-corrected chi connectivity index (χ4v) is 4.04. The van der Waals surface area contributed by atoms with Crippen molar-refractivity contribution >= 4 is 40.4 Å². The number of thiazole rings is 1. The summed E-state index contributed by atoms with van der Waals surface area (Å²) in [4.78, 5) is 16.4. The lowest BCUT2D eigenvalue weighted by Crippen LogP contribution is -1.96. The number of hydrogen-bond donors (Lipinski definition) is 3. The molecule has 0 atom stereocenters. The topological polar surface area (TPSA) is 102 Å². The van der Waals surface area contributed by atoms with Crippen LogP contribution in [-0.4, -0.2) is 21.8 Å². The number of aliphatic carboxylic acids is 1. The average Bonchev–Trinajstić information content (AvgIpc) is 2.98. The number of nitrogens with two attached hydrogens (primary N) is 2. The predicted molar refractivity (Wildman–Crippen MR) is 100 cm³/mol. The molecule has 5 N–H and O–H groups in total. The van der Waals surface area contributed by atoms with E-state index in [4.69, 9.17) is 16.6 Å². The minimum atomic E-state index is -0.863. The molecular formula is C17H15N3O2S2. The molecule has 3 rings (SSSR count). The first kappa shape index (κ1) is 16.4. The third-order valence-electron chi connectivity index (χ3n) is 3.28. The lowest BCUT2D eigenvalue weighted by Gasteiger charge is -2.04. The Morgan fingerprint density at radius 3 is 2.08 bits per heavy atom.